The molecule has 6 heteroatoms. The maximum absolute atomic E-state index is 11.3. The van der Waals surface area contributed by atoms with Gasteiger partial charge in [0.15, 0.2) is 0 Å². The second-order valence-corrected chi connectivity index (χ2v) is 7.52. The number of nitrogens with zero attached hydrogens (tertiary/aromatic N) is 2. The fourth-order valence-corrected chi connectivity index (χ4v) is 3.98. The normalized spacial score (nSPS) is 20.4. The van der Waals surface area contributed by atoms with Crippen LogP contribution in [-0.2, 0) is 16.4 Å². The minimum Gasteiger partial charge on any atom is -0.361 e. The van der Waals surface area contributed by atoms with Crippen LogP contribution in [0, 0.1) is 12.8 Å². The Morgan fingerprint density at radius 3 is 2.67 bits per heavy atom. The van der Waals surface area contributed by atoms with Gasteiger partial charge in [-0.25, -0.2) is 8.42 Å². The van der Waals surface area contributed by atoms with E-state index in [0.717, 1.165) is 37.4 Å². The predicted molar refractivity (Wildman–Crippen MR) is 69.0 cm³/mol. The van der Waals surface area contributed by atoms with Crippen molar-refractivity contribution in [2.45, 2.75) is 26.3 Å². The second kappa shape index (κ2) is 5.40. The van der Waals surface area contributed by atoms with Crippen molar-refractivity contribution in [1.82, 2.24) is 10.1 Å². The first-order valence-corrected chi connectivity index (χ1v) is 8.08. The molecule has 0 saturated carbocycles. The third kappa shape index (κ3) is 3.81. The number of aryl methyl sites for hydroxylation is 1. The number of hydrogen-bond donors (Lipinski definition) is 0. The van der Waals surface area contributed by atoms with Crippen LogP contribution in [0.4, 0.5) is 0 Å². The molecule has 0 radical (unpaired) electrons. The predicted octanol–water partition coefficient (Wildman–Crippen LogP) is 1.24. The molecule has 0 N–H and O–H groups in total. The first-order valence-electron chi connectivity index (χ1n) is 6.26. The topological polar surface area (TPSA) is 63.4 Å². The van der Waals surface area contributed by atoms with Crippen molar-refractivity contribution < 1.29 is 12.9 Å². The lowest BCUT2D eigenvalue weighted by Crippen LogP contribution is -2.32. The summed E-state index contributed by atoms with van der Waals surface area (Å²) >= 11 is 0. The Morgan fingerprint density at radius 2 is 2.11 bits per heavy atom. The lowest BCUT2D eigenvalue weighted by atomic mass is 10.0. The molecule has 1 saturated heterocycles. The summed E-state index contributed by atoms with van der Waals surface area (Å²) in [4.78, 5) is 2.18. The van der Waals surface area contributed by atoms with E-state index in [1.165, 1.54) is 0 Å². The molecule has 0 unspecified atom stereocenters. The molecule has 0 spiro atoms. The summed E-state index contributed by atoms with van der Waals surface area (Å²) in [5.74, 6) is 1.98. The molecule has 0 aliphatic carbocycles. The van der Waals surface area contributed by atoms with Crippen LogP contribution in [-0.4, -0.2) is 43.6 Å². The summed E-state index contributed by atoms with van der Waals surface area (Å²) in [6, 6.07) is 1.93. The monoisotopic (exact) mass is 272 g/mol. The van der Waals surface area contributed by atoms with Gasteiger partial charge in [-0.15, -0.1) is 0 Å². The zero-order valence-electron chi connectivity index (χ0n) is 10.9. The third-order valence-electron chi connectivity index (χ3n) is 3.35. The molecular formula is C12H20N2O3S. The molecule has 0 bridgehead atoms. The average Bonchev–Trinajstić information content (AvgIpc) is 2.67. The van der Waals surface area contributed by atoms with Gasteiger partial charge in [0, 0.05) is 19.2 Å². The van der Waals surface area contributed by atoms with Gasteiger partial charge in [-0.3, -0.25) is 0 Å². The number of aromatic nitrogens is 1. The van der Waals surface area contributed by atoms with Crippen LogP contribution in [0.5, 0.6) is 0 Å². The Bertz CT molecular complexity index is 481. The molecule has 18 heavy (non-hydrogen) atoms. The summed E-state index contributed by atoms with van der Waals surface area (Å²) in [5, 5.41) is 3.96. The van der Waals surface area contributed by atoms with E-state index in [9.17, 15) is 8.42 Å². The first-order chi connectivity index (χ1) is 8.44. The van der Waals surface area contributed by atoms with Crippen molar-refractivity contribution in [2.75, 3.05) is 25.1 Å². The standard InChI is InChI=1S/C12H20N2O3S/c1-10-7-12(13-17-10)9-14(2)8-11-3-5-18(15,16)6-4-11/h7,11H,3-6,8-9H2,1-2H3. The summed E-state index contributed by atoms with van der Waals surface area (Å²) < 4.78 is 27.7. The van der Waals surface area contributed by atoms with E-state index >= 15 is 0 Å². The molecule has 0 amide bonds. The minimum absolute atomic E-state index is 0.342. The van der Waals surface area contributed by atoms with Gasteiger partial charge in [-0.2, -0.15) is 0 Å². The molecular weight excluding hydrogens is 252 g/mol. The van der Waals surface area contributed by atoms with Gasteiger partial charge in [0.25, 0.3) is 0 Å². The maximum Gasteiger partial charge on any atom is 0.150 e. The average molecular weight is 272 g/mol. The van der Waals surface area contributed by atoms with Gasteiger partial charge in [-0.1, -0.05) is 5.16 Å². The van der Waals surface area contributed by atoms with Gasteiger partial charge >= 0.3 is 0 Å². The molecule has 2 heterocycles. The zero-order valence-corrected chi connectivity index (χ0v) is 11.7. The lowest BCUT2D eigenvalue weighted by molar-refractivity contribution is 0.250. The molecule has 1 fully saturated rings. The smallest absolute Gasteiger partial charge is 0.150 e. The highest BCUT2D eigenvalue weighted by Gasteiger charge is 2.24. The van der Waals surface area contributed by atoms with Crippen molar-refractivity contribution >= 4 is 9.84 Å². The van der Waals surface area contributed by atoms with Crippen LogP contribution in [0.2, 0.25) is 0 Å². The van der Waals surface area contributed by atoms with Crippen LogP contribution in [0.1, 0.15) is 24.3 Å². The Balaban J connectivity index is 1.80. The number of hydrogen-bond acceptors (Lipinski definition) is 5. The van der Waals surface area contributed by atoms with Crippen LogP contribution in [0.3, 0.4) is 0 Å². The van der Waals surface area contributed by atoms with Crippen LogP contribution in [0.25, 0.3) is 0 Å². The summed E-state index contributed by atoms with van der Waals surface area (Å²) in [5.41, 5.74) is 0.929. The van der Waals surface area contributed by atoms with E-state index in [1.54, 1.807) is 0 Å². The highest BCUT2D eigenvalue weighted by molar-refractivity contribution is 7.91. The molecule has 2 rings (SSSR count). The summed E-state index contributed by atoms with van der Waals surface area (Å²) in [6.07, 6.45) is 1.56. The molecule has 0 aromatic carbocycles. The Morgan fingerprint density at radius 1 is 1.44 bits per heavy atom. The first kappa shape index (κ1) is 13.5. The fourth-order valence-electron chi connectivity index (χ4n) is 2.40. The molecule has 5 nitrogen and oxygen atoms in total. The van der Waals surface area contributed by atoms with E-state index < -0.39 is 9.84 Å². The Kier molecular flexibility index (Phi) is 4.07. The third-order valence-corrected chi connectivity index (χ3v) is 5.07. The van der Waals surface area contributed by atoms with Crippen molar-refractivity contribution in [3.05, 3.63) is 17.5 Å². The van der Waals surface area contributed by atoms with Gasteiger partial charge < -0.3 is 9.42 Å². The van der Waals surface area contributed by atoms with Crippen LogP contribution >= 0.6 is 0 Å². The minimum atomic E-state index is -2.75. The molecule has 1 aliphatic rings. The van der Waals surface area contributed by atoms with Crippen LogP contribution < -0.4 is 0 Å². The van der Waals surface area contributed by atoms with Gasteiger partial charge in [0.1, 0.15) is 15.6 Å². The Hall–Kier alpha value is -0.880. The van der Waals surface area contributed by atoms with Gasteiger partial charge in [-0.05, 0) is 32.7 Å². The Labute approximate surface area is 108 Å². The van der Waals surface area contributed by atoms with Crippen molar-refractivity contribution in [1.29, 1.82) is 0 Å². The summed E-state index contributed by atoms with van der Waals surface area (Å²) in [7, 11) is -0.718. The van der Waals surface area contributed by atoms with Crippen molar-refractivity contribution in [3.8, 4) is 0 Å². The van der Waals surface area contributed by atoms with Crippen LogP contribution in [0.15, 0.2) is 10.6 Å². The lowest BCUT2D eigenvalue weighted by Gasteiger charge is -2.26. The molecule has 1 aromatic rings. The maximum atomic E-state index is 11.3. The SMILES string of the molecule is Cc1cc(CN(C)CC2CCS(=O)(=O)CC2)no1. The molecule has 1 aromatic heterocycles. The highest BCUT2D eigenvalue weighted by Crippen LogP contribution is 2.20. The van der Waals surface area contributed by atoms with Gasteiger partial charge in [0.05, 0.1) is 17.2 Å². The second-order valence-electron chi connectivity index (χ2n) is 5.22. The number of rotatable bonds is 4. The van der Waals surface area contributed by atoms with Crippen molar-refractivity contribution in [3.63, 3.8) is 0 Å². The molecule has 1 aliphatic heterocycles. The quantitative estimate of drug-likeness (QED) is 0.825. The van der Waals surface area contributed by atoms with E-state index in [0.29, 0.717) is 17.4 Å². The fraction of sp³-hybridized carbons (Fsp3) is 0.750. The van der Waals surface area contributed by atoms with Gasteiger partial charge in [0.2, 0.25) is 0 Å². The highest BCUT2D eigenvalue weighted by atomic mass is 32.2. The van der Waals surface area contributed by atoms with Crippen molar-refractivity contribution in [2.24, 2.45) is 5.92 Å². The van der Waals surface area contributed by atoms with E-state index in [-0.39, 0.29) is 0 Å². The van der Waals surface area contributed by atoms with E-state index in [4.69, 9.17) is 4.52 Å². The summed E-state index contributed by atoms with van der Waals surface area (Å²) in [6.45, 7) is 3.55. The zero-order chi connectivity index (χ0) is 13.2. The van der Waals surface area contributed by atoms with E-state index in [2.05, 4.69) is 10.1 Å². The number of sulfone groups is 1. The van der Waals surface area contributed by atoms with E-state index in [1.807, 2.05) is 20.0 Å². The largest absolute Gasteiger partial charge is 0.361 e. The molecule has 102 valence electrons. The molecule has 0 atom stereocenters.